The number of benzene rings is 1. The maximum atomic E-state index is 13.7. The second kappa shape index (κ2) is 9.99. The van der Waals surface area contributed by atoms with Gasteiger partial charge in [0.15, 0.2) is 11.7 Å². The number of pyridine rings is 1. The quantitative estimate of drug-likeness (QED) is 0.603. The molecule has 1 saturated carbocycles. The summed E-state index contributed by atoms with van der Waals surface area (Å²) >= 11 is 1.11. The second-order valence-corrected chi connectivity index (χ2v) is 8.87. The first-order valence-electron chi connectivity index (χ1n) is 10.9. The highest BCUT2D eigenvalue weighted by Gasteiger charge is 2.37. The highest BCUT2D eigenvalue weighted by Crippen LogP contribution is 2.32. The number of nitrogens with one attached hydrogen (secondary N) is 1. The number of aromatic nitrogens is 3. The van der Waals surface area contributed by atoms with Crippen LogP contribution in [0, 0.1) is 13.8 Å². The average molecular weight is 450 g/mol. The SMILES string of the molecule is Cc1ccc(C)c(N(C(=O)c2csnn2)[C@H](C(=O)NC2CCCCC2)c2ccccn2)c1. The Morgan fingerprint density at radius 2 is 1.94 bits per heavy atom. The first-order valence-corrected chi connectivity index (χ1v) is 11.8. The minimum atomic E-state index is -0.923. The summed E-state index contributed by atoms with van der Waals surface area (Å²) in [5.41, 5.74) is 3.27. The van der Waals surface area contributed by atoms with Crippen LogP contribution >= 0.6 is 11.5 Å². The topological polar surface area (TPSA) is 88.1 Å². The van der Waals surface area contributed by atoms with Gasteiger partial charge in [-0.2, -0.15) is 0 Å². The van der Waals surface area contributed by atoms with Crippen molar-refractivity contribution in [3.05, 3.63) is 70.5 Å². The number of carbonyl (C=O) groups excluding carboxylic acids is 2. The van der Waals surface area contributed by atoms with Crippen molar-refractivity contribution in [2.45, 2.75) is 58.0 Å². The van der Waals surface area contributed by atoms with Crippen LogP contribution in [0.1, 0.15) is 65.5 Å². The predicted molar refractivity (Wildman–Crippen MR) is 125 cm³/mol. The monoisotopic (exact) mass is 449 g/mol. The Morgan fingerprint density at radius 3 is 2.62 bits per heavy atom. The van der Waals surface area contributed by atoms with Crippen LogP contribution in [0.15, 0.2) is 48.0 Å². The van der Waals surface area contributed by atoms with Crippen molar-refractivity contribution in [1.82, 2.24) is 19.9 Å². The van der Waals surface area contributed by atoms with E-state index in [0.29, 0.717) is 11.4 Å². The van der Waals surface area contributed by atoms with Crippen LogP contribution in [-0.4, -0.2) is 32.4 Å². The van der Waals surface area contributed by atoms with Crippen LogP contribution < -0.4 is 10.2 Å². The number of carbonyl (C=O) groups is 2. The number of rotatable bonds is 6. The first-order chi connectivity index (χ1) is 15.5. The molecule has 0 bridgehead atoms. The van der Waals surface area contributed by atoms with E-state index in [9.17, 15) is 9.59 Å². The molecule has 8 heteroatoms. The van der Waals surface area contributed by atoms with E-state index < -0.39 is 6.04 Å². The van der Waals surface area contributed by atoms with Gasteiger partial charge in [0.25, 0.3) is 5.91 Å². The molecule has 1 aliphatic carbocycles. The van der Waals surface area contributed by atoms with E-state index in [4.69, 9.17) is 0 Å². The minimum Gasteiger partial charge on any atom is -0.351 e. The molecule has 0 aliphatic heterocycles. The number of aryl methyl sites for hydroxylation is 2. The zero-order chi connectivity index (χ0) is 22.5. The molecule has 2 heterocycles. The molecule has 7 nitrogen and oxygen atoms in total. The summed E-state index contributed by atoms with van der Waals surface area (Å²) in [6, 6.07) is 10.5. The Hall–Kier alpha value is -3.13. The molecule has 2 aromatic heterocycles. The lowest BCUT2D eigenvalue weighted by atomic mass is 9.95. The van der Waals surface area contributed by atoms with Gasteiger partial charge in [0.1, 0.15) is 0 Å². The zero-order valence-electron chi connectivity index (χ0n) is 18.3. The molecule has 2 amide bonds. The summed E-state index contributed by atoms with van der Waals surface area (Å²) in [6.07, 6.45) is 6.95. The summed E-state index contributed by atoms with van der Waals surface area (Å²) in [5.74, 6) is -0.602. The Morgan fingerprint density at radius 1 is 1.12 bits per heavy atom. The zero-order valence-corrected chi connectivity index (χ0v) is 19.1. The second-order valence-electron chi connectivity index (χ2n) is 8.26. The van der Waals surface area contributed by atoms with Gasteiger partial charge in [-0.25, -0.2) is 0 Å². The lowest BCUT2D eigenvalue weighted by Crippen LogP contribution is -2.48. The summed E-state index contributed by atoms with van der Waals surface area (Å²) in [6.45, 7) is 3.90. The van der Waals surface area contributed by atoms with Crippen LogP contribution in [0.5, 0.6) is 0 Å². The fourth-order valence-corrected chi connectivity index (χ4v) is 4.60. The average Bonchev–Trinajstić information content (AvgIpc) is 3.35. The van der Waals surface area contributed by atoms with Gasteiger partial charge in [-0.15, -0.1) is 5.10 Å². The molecule has 3 aromatic rings. The van der Waals surface area contributed by atoms with Gasteiger partial charge in [0.05, 0.1) is 5.69 Å². The van der Waals surface area contributed by atoms with Crippen molar-refractivity contribution in [3.63, 3.8) is 0 Å². The van der Waals surface area contributed by atoms with Gasteiger partial charge in [0, 0.05) is 23.3 Å². The lowest BCUT2D eigenvalue weighted by molar-refractivity contribution is -0.123. The van der Waals surface area contributed by atoms with Crippen molar-refractivity contribution in [2.75, 3.05) is 4.90 Å². The molecule has 1 fully saturated rings. The molecule has 1 N–H and O–H groups in total. The molecule has 0 radical (unpaired) electrons. The van der Waals surface area contributed by atoms with E-state index in [2.05, 4.69) is 19.9 Å². The first kappa shape index (κ1) is 22.1. The molecule has 1 atom stereocenters. The maximum Gasteiger partial charge on any atom is 0.280 e. The molecule has 0 spiro atoms. The molecule has 1 aliphatic rings. The number of hydrogen-bond acceptors (Lipinski definition) is 6. The molecule has 4 rings (SSSR count). The smallest absolute Gasteiger partial charge is 0.280 e. The molecule has 166 valence electrons. The number of anilines is 1. The summed E-state index contributed by atoms with van der Waals surface area (Å²) < 4.78 is 3.86. The van der Waals surface area contributed by atoms with Crippen molar-refractivity contribution < 1.29 is 9.59 Å². The van der Waals surface area contributed by atoms with Crippen LogP contribution in [0.2, 0.25) is 0 Å². The van der Waals surface area contributed by atoms with Gasteiger partial charge < -0.3 is 5.32 Å². The highest BCUT2D eigenvalue weighted by atomic mass is 32.1. The minimum absolute atomic E-state index is 0.110. The highest BCUT2D eigenvalue weighted by molar-refractivity contribution is 7.03. The third-order valence-electron chi connectivity index (χ3n) is 5.85. The van der Waals surface area contributed by atoms with Crippen LogP contribution in [-0.2, 0) is 4.79 Å². The van der Waals surface area contributed by atoms with E-state index in [1.54, 1.807) is 23.7 Å². The molecular weight excluding hydrogens is 422 g/mol. The lowest BCUT2D eigenvalue weighted by Gasteiger charge is -2.33. The molecule has 32 heavy (non-hydrogen) atoms. The van der Waals surface area contributed by atoms with Gasteiger partial charge in [-0.05, 0) is 67.5 Å². The van der Waals surface area contributed by atoms with Gasteiger partial charge in [-0.3, -0.25) is 19.5 Å². The molecule has 0 saturated heterocycles. The number of amides is 2. The normalized spacial score (nSPS) is 15.2. The van der Waals surface area contributed by atoms with E-state index >= 15 is 0 Å². The molecular formula is C24H27N5O2S. The molecule has 0 unspecified atom stereocenters. The Kier molecular flexibility index (Phi) is 6.90. The van der Waals surface area contributed by atoms with Gasteiger partial charge in [-0.1, -0.05) is 41.9 Å². The number of nitrogens with zero attached hydrogens (tertiary/aromatic N) is 4. The fraction of sp³-hybridized carbons (Fsp3) is 0.375. The molecule has 1 aromatic carbocycles. The predicted octanol–water partition coefficient (Wildman–Crippen LogP) is 4.39. The van der Waals surface area contributed by atoms with Crippen molar-refractivity contribution >= 4 is 29.0 Å². The van der Waals surface area contributed by atoms with E-state index in [1.807, 2.05) is 38.1 Å². The third-order valence-corrected chi connectivity index (χ3v) is 6.35. The van der Waals surface area contributed by atoms with Crippen LogP contribution in [0.3, 0.4) is 0 Å². The van der Waals surface area contributed by atoms with E-state index in [1.165, 1.54) is 11.3 Å². The van der Waals surface area contributed by atoms with Gasteiger partial charge >= 0.3 is 0 Å². The van der Waals surface area contributed by atoms with Crippen LogP contribution in [0.25, 0.3) is 0 Å². The summed E-state index contributed by atoms with van der Waals surface area (Å²) in [4.78, 5) is 33.4. The van der Waals surface area contributed by atoms with E-state index in [0.717, 1.165) is 48.3 Å². The third kappa shape index (κ3) is 4.85. The fourth-order valence-electron chi connectivity index (χ4n) is 4.17. The Bertz CT molecular complexity index is 1070. The summed E-state index contributed by atoms with van der Waals surface area (Å²) in [5, 5.41) is 8.79. The maximum absolute atomic E-state index is 13.7. The van der Waals surface area contributed by atoms with Crippen LogP contribution in [0.4, 0.5) is 5.69 Å². The van der Waals surface area contributed by atoms with Crippen molar-refractivity contribution in [1.29, 1.82) is 0 Å². The Balaban J connectivity index is 1.81. The van der Waals surface area contributed by atoms with Crippen molar-refractivity contribution in [3.8, 4) is 0 Å². The Labute approximate surface area is 192 Å². The standard InChI is InChI=1S/C24H27N5O2S/c1-16-11-12-17(2)21(14-16)29(24(31)20-15-32-28-27-20)22(19-10-6-7-13-25-19)23(30)26-18-8-4-3-5-9-18/h6-7,10-15,18,22H,3-5,8-9H2,1-2H3,(H,26,30)/t22-/m0/s1. The van der Waals surface area contributed by atoms with Gasteiger partial charge in [0.2, 0.25) is 5.91 Å². The van der Waals surface area contributed by atoms with E-state index in [-0.39, 0.29) is 23.6 Å². The van der Waals surface area contributed by atoms with Crippen molar-refractivity contribution in [2.24, 2.45) is 0 Å². The largest absolute Gasteiger partial charge is 0.351 e. The summed E-state index contributed by atoms with van der Waals surface area (Å²) in [7, 11) is 0. The number of hydrogen-bond donors (Lipinski definition) is 1.